The Morgan fingerprint density at radius 3 is 2.27 bits per heavy atom. The molecule has 1 amide bonds. The van der Waals surface area contributed by atoms with E-state index in [2.05, 4.69) is 4.72 Å². The molecule has 0 saturated heterocycles. The molecule has 2 aromatic rings. The van der Waals surface area contributed by atoms with Crippen LogP contribution in [0.25, 0.3) is 6.08 Å². The zero-order chi connectivity index (χ0) is 19.0. The van der Waals surface area contributed by atoms with Crippen LogP contribution in [-0.4, -0.2) is 46.2 Å². The molecule has 26 heavy (non-hydrogen) atoms. The van der Waals surface area contributed by atoms with Crippen LogP contribution in [-0.2, 0) is 19.6 Å². The molecule has 0 fully saturated rings. The van der Waals surface area contributed by atoms with Crippen LogP contribution in [0.15, 0.2) is 71.6 Å². The first-order valence-electron chi connectivity index (χ1n) is 7.98. The molecular weight excluding hydrogens is 352 g/mol. The Morgan fingerprint density at radius 2 is 1.69 bits per heavy atom. The third-order valence-corrected chi connectivity index (χ3v) is 5.04. The third-order valence-electron chi connectivity index (χ3n) is 3.58. The summed E-state index contributed by atoms with van der Waals surface area (Å²) in [7, 11) is -0.834. The van der Waals surface area contributed by atoms with Gasteiger partial charge in [-0.3, -0.25) is 4.79 Å². The van der Waals surface area contributed by atoms with Crippen LogP contribution >= 0.6 is 0 Å². The number of hydrogen-bond acceptors (Lipinski definition) is 4. The molecule has 1 unspecified atom stereocenters. The quantitative estimate of drug-likeness (QED) is 0.718. The highest BCUT2D eigenvalue weighted by atomic mass is 32.2. The smallest absolute Gasteiger partial charge is 0.246 e. The average Bonchev–Trinajstić information content (AvgIpc) is 2.66. The van der Waals surface area contributed by atoms with Gasteiger partial charge in [-0.15, -0.1) is 0 Å². The maximum Gasteiger partial charge on any atom is 0.246 e. The van der Waals surface area contributed by atoms with E-state index in [1.807, 2.05) is 30.3 Å². The first-order valence-corrected chi connectivity index (χ1v) is 9.47. The number of ether oxygens (including phenoxy) is 1. The second kappa shape index (κ2) is 9.28. The van der Waals surface area contributed by atoms with Gasteiger partial charge in [0.05, 0.1) is 4.90 Å². The molecule has 0 spiro atoms. The molecule has 0 radical (unpaired) electrons. The summed E-state index contributed by atoms with van der Waals surface area (Å²) in [5.74, 6) is -0.418. The fourth-order valence-electron chi connectivity index (χ4n) is 2.27. The highest BCUT2D eigenvalue weighted by molar-refractivity contribution is 7.89. The SMILES string of the molecule is COCN(C)C(=O)C(/C=C/c1ccccc1)NS(=O)(=O)c1ccccc1. The van der Waals surface area contributed by atoms with Crippen molar-refractivity contribution in [3.63, 3.8) is 0 Å². The first kappa shape index (κ1) is 19.8. The summed E-state index contributed by atoms with van der Waals surface area (Å²) in [4.78, 5) is 14.0. The van der Waals surface area contributed by atoms with Gasteiger partial charge in [0.1, 0.15) is 12.8 Å². The fraction of sp³-hybridized carbons (Fsp3) is 0.211. The summed E-state index contributed by atoms with van der Waals surface area (Å²) in [5.41, 5.74) is 0.860. The predicted molar refractivity (Wildman–Crippen MR) is 101 cm³/mol. The molecule has 2 aromatic carbocycles. The van der Waals surface area contributed by atoms with Crippen LogP contribution in [0.2, 0.25) is 0 Å². The van der Waals surface area contributed by atoms with E-state index in [0.29, 0.717) is 0 Å². The Kier molecular flexibility index (Phi) is 7.08. The Labute approximate surface area is 154 Å². The van der Waals surface area contributed by atoms with E-state index in [0.717, 1.165) is 5.56 Å². The van der Waals surface area contributed by atoms with Crippen LogP contribution in [0, 0.1) is 0 Å². The summed E-state index contributed by atoms with van der Waals surface area (Å²) in [6.07, 6.45) is 3.24. The van der Waals surface area contributed by atoms with E-state index in [4.69, 9.17) is 4.74 Å². The van der Waals surface area contributed by atoms with Gasteiger partial charge in [0, 0.05) is 14.2 Å². The van der Waals surface area contributed by atoms with E-state index in [1.165, 1.54) is 30.2 Å². The molecule has 1 N–H and O–H groups in total. The number of carbonyl (C=O) groups excluding carboxylic acids is 1. The number of amides is 1. The number of rotatable bonds is 8. The number of nitrogens with zero attached hydrogens (tertiary/aromatic N) is 1. The molecule has 6 nitrogen and oxygen atoms in total. The molecule has 1 atom stereocenters. The number of benzene rings is 2. The summed E-state index contributed by atoms with van der Waals surface area (Å²) in [6.45, 7) is 0.0571. The van der Waals surface area contributed by atoms with Gasteiger partial charge in [-0.1, -0.05) is 60.7 Å². The van der Waals surface area contributed by atoms with E-state index in [-0.39, 0.29) is 11.6 Å². The Balaban J connectivity index is 2.28. The molecule has 0 bridgehead atoms. The lowest BCUT2D eigenvalue weighted by Gasteiger charge is -2.22. The van der Waals surface area contributed by atoms with Crippen molar-refractivity contribution in [2.24, 2.45) is 0 Å². The van der Waals surface area contributed by atoms with Crippen molar-refractivity contribution in [3.05, 3.63) is 72.3 Å². The van der Waals surface area contributed by atoms with Gasteiger partial charge in [0.15, 0.2) is 0 Å². The van der Waals surface area contributed by atoms with E-state index in [9.17, 15) is 13.2 Å². The lowest BCUT2D eigenvalue weighted by molar-refractivity contribution is -0.134. The molecule has 0 aliphatic carbocycles. The number of sulfonamides is 1. The highest BCUT2D eigenvalue weighted by Gasteiger charge is 2.25. The molecule has 138 valence electrons. The molecule has 0 heterocycles. The molecule has 0 aromatic heterocycles. The zero-order valence-corrected chi connectivity index (χ0v) is 15.5. The molecule has 2 rings (SSSR count). The first-order chi connectivity index (χ1) is 12.4. The average molecular weight is 374 g/mol. The zero-order valence-electron chi connectivity index (χ0n) is 14.7. The highest BCUT2D eigenvalue weighted by Crippen LogP contribution is 2.11. The van der Waals surface area contributed by atoms with Crippen molar-refractivity contribution in [1.29, 1.82) is 0 Å². The lowest BCUT2D eigenvalue weighted by atomic mass is 10.1. The summed E-state index contributed by atoms with van der Waals surface area (Å²) >= 11 is 0. The minimum absolute atomic E-state index is 0.0571. The van der Waals surface area contributed by atoms with Gasteiger partial charge in [0.2, 0.25) is 15.9 Å². The number of methoxy groups -OCH3 is 1. The molecule has 7 heteroatoms. The van der Waals surface area contributed by atoms with Gasteiger partial charge >= 0.3 is 0 Å². The summed E-state index contributed by atoms with van der Waals surface area (Å²) in [5, 5.41) is 0. The minimum atomic E-state index is -3.85. The fourth-order valence-corrected chi connectivity index (χ4v) is 3.44. The topological polar surface area (TPSA) is 75.7 Å². The van der Waals surface area contributed by atoms with Crippen LogP contribution < -0.4 is 4.72 Å². The number of likely N-dealkylation sites (N-methyl/N-ethyl adjacent to an activating group) is 1. The van der Waals surface area contributed by atoms with E-state index >= 15 is 0 Å². The van der Waals surface area contributed by atoms with Gasteiger partial charge in [-0.05, 0) is 17.7 Å². The normalized spacial score (nSPS) is 12.8. The number of carbonyl (C=O) groups is 1. The van der Waals surface area contributed by atoms with Crippen LogP contribution in [0.5, 0.6) is 0 Å². The van der Waals surface area contributed by atoms with Gasteiger partial charge in [-0.2, -0.15) is 4.72 Å². The molecular formula is C19H22N2O4S. The van der Waals surface area contributed by atoms with Gasteiger partial charge < -0.3 is 9.64 Å². The van der Waals surface area contributed by atoms with Gasteiger partial charge in [-0.25, -0.2) is 8.42 Å². The lowest BCUT2D eigenvalue weighted by Crippen LogP contribution is -2.46. The van der Waals surface area contributed by atoms with E-state index < -0.39 is 22.0 Å². The van der Waals surface area contributed by atoms with Gasteiger partial charge in [0.25, 0.3) is 0 Å². The second-order valence-electron chi connectivity index (χ2n) is 5.64. The van der Waals surface area contributed by atoms with Crippen molar-refractivity contribution in [2.75, 3.05) is 20.9 Å². The second-order valence-corrected chi connectivity index (χ2v) is 7.35. The molecule has 0 saturated carbocycles. The number of nitrogens with one attached hydrogen (secondary N) is 1. The standard InChI is InChI=1S/C19H22N2O4S/c1-21(15-25-2)19(22)18(14-13-16-9-5-3-6-10-16)20-26(23,24)17-11-7-4-8-12-17/h3-14,18,20H,15H2,1-2H3/b14-13+. The van der Waals surface area contributed by atoms with Crippen molar-refractivity contribution in [3.8, 4) is 0 Å². The van der Waals surface area contributed by atoms with Crippen LogP contribution in [0.3, 0.4) is 0 Å². The van der Waals surface area contributed by atoms with Crippen molar-refractivity contribution in [2.45, 2.75) is 10.9 Å². The van der Waals surface area contributed by atoms with E-state index in [1.54, 1.807) is 31.3 Å². The number of hydrogen-bond donors (Lipinski definition) is 1. The van der Waals surface area contributed by atoms with Crippen molar-refractivity contribution < 1.29 is 17.9 Å². The van der Waals surface area contributed by atoms with Crippen LogP contribution in [0.1, 0.15) is 5.56 Å². The predicted octanol–water partition coefficient (Wildman–Crippen LogP) is 2.11. The largest absolute Gasteiger partial charge is 0.364 e. The Hall–Kier alpha value is -2.48. The summed E-state index contributed by atoms with van der Waals surface area (Å²) < 4.78 is 32.6. The maximum atomic E-state index is 12.6. The Bertz CT molecular complexity index is 836. The third kappa shape index (κ3) is 5.52. The molecule has 0 aliphatic heterocycles. The van der Waals surface area contributed by atoms with Crippen molar-refractivity contribution in [1.82, 2.24) is 9.62 Å². The molecule has 0 aliphatic rings. The minimum Gasteiger partial charge on any atom is -0.364 e. The van der Waals surface area contributed by atoms with Crippen molar-refractivity contribution >= 4 is 22.0 Å². The monoisotopic (exact) mass is 374 g/mol. The maximum absolute atomic E-state index is 12.6. The summed E-state index contributed by atoms with van der Waals surface area (Å²) in [6, 6.07) is 16.2. The Morgan fingerprint density at radius 1 is 1.12 bits per heavy atom. The van der Waals surface area contributed by atoms with Crippen LogP contribution in [0.4, 0.5) is 0 Å².